The van der Waals surface area contributed by atoms with E-state index < -0.39 is 0 Å². The average molecular weight is 247 g/mol. The molecule has 1 saturated heterocycles. The molecule has 0 aromatic carbocycles. The smallest absolute Gasteiger partial charge is 0.180 e. The number of nitrogen functional groups attached to an aromatic ring is 1. The van der Waals surface area contributed by atoms with Crippen molar-refractivity contribution in [1.82, 2.24) is 14.4 Å². The van der Waals surface area contributed by atoms with E-state index in [9.17, 15) is 5.11 Å². The van der Waals surface area contributed by atoms with Crippen LogP contribution in [-0.2, 0) is 0 Å². The zero-order valence-corrected chi connectivity index (χ0v) is 10.3. The highest BCUT2D eigenvalue weighted by Crippen LogP contribution is 2.25. The number of aliphatic hydroxyl groups is 1. The molecule has 1 aliphatic heterocycles. The van der Waals surface area contributed by atoms with Crippen molar-refractivity contribution in [2.45, 2.75) is 19.4 Å². The highest BCUT2D eigenvalue weighted by Gasteiger charge is 2.26. The van der Waals surface area contributed by atoms with Gasteiger partial charge in [-0.25, -0.2) is 9.97 Å². The van der Waals surface area contributed by atoms with Gasteiger partial charge < -0.3 is 20.1 Å². The van der Waals surface area contributed by atoms with E-state index in [1.165, 1.54) is 0 Å². The maximum atomic E-state index is 9.78. The molecule has 2 unspecified atom stereocenters. The predicted octanol–water partition coefficient (Wildman–Crippen LogP) is 0.519. The predicted molar refractivity (Wildman–Crippen MR) is 69.4 cm³/mol. The second-order valence-corrected chi connectivity index (χ2v) is 4.93. The Morgan fingerprint density at radius 2 is 2.33 bits per heavy atom. The standard InChI is InChI=1S/C12H17N5O/c1-8-6-16(4-2-9(8)18)12-11-14-3-5-17(11)7-10(13)15-12/h3,5,7-9,18H,2,4,6,13H2,1H3. The summed E-state index contributed by atoms with van der Waals surface area (Å²) in [4.78, 5) is 10.9. The number of hydrogen-bond donors (Lipinski definition) is 2. The summed E-state index contributed by atoms with van der Waals surface area (Å²) in [6, 6.07) is 0. The van der Waals surface area contributed by atoms with Gasteiger partial charge in [0.05, 0.1) is 12.3 Å². The zero-order chi connectivity index (χ0) is 12.7. The summed E-state index contributed by atoms with van der Waals surface area (Å²) in [5, 5.41) is 9.78. The van der Waals surface area contributed by atoms with Crippen LogP contribution >= 0.6 is 0 Å². The summed E-state index contributed by atoms with van der Waals surface area (Å²) >= 11 is 0. The Kier molecular flexibility index (Phi) is 2.59. The van der Waals surface area contributed by atoms with Gasteiger partial charge in [0.1, 0.15) is 5.82 Å². The van der Waals surface area contributed by atoms with Crippen LogP contribution in [0.4, 0.5) is 11.6 Å². The van der Waals surface area contributed by atoms with Gasteiger partial charge in [0.2, 0.25) is 0 Å². The Bertz CT molecular complexity index is 567. The maximum Gasteiger partial charge on any atom is 0.180 e. The first-order valence-corrected chi connectivity index (χ1v) is 6.17. The van der Waals surface area contributed by atoms with Crippen molar-refractivity contribution in [3.8, 4) is 0 Å². The number of hydrogen-bond acceptors (Lipinski definition) is 5. The van der Waals surface area contributed by atoms with E-state index >= 15 is 0 Å². The Morgan fingerprint density at radius 1 is 1.50 bits per heavy atom. The molecule has 3 rings (SSSR count). The Hall–Kier alpha value is -1.82. The molecule has 6 nitrogen and oxygen atoms in total. The van der Waals surface area contributed by atoms with E-state index in [1.54, 1.807) is 12.4 Å². The lowest BCUT2D eigenvalue weighted by Crippen LogP contribution is -2.42. The first-order valence-electron chi connectivity index (χ1n) is 6.17. The third-order valence-electron chi connectivity index (χ3n) is 3.53. The summed E-state index contributed by atoms with van der Waals surface area (Å²) in [5.74, 6) is 1.52. The number of imidazole rings is 1. The summed E-state index contributed by atoms with van der Waals surface area (Å²) < 4.78 is 1.88. The van der Waals surface area contributed by atoms with Crippen molar-refractivity contribution in [1.29, 1.82) is 0 Å². The first-order chi connectivity index (χ1) is 8.65. The van der Waals surface area contributed by atoms with Gasteiger partial charge in [-0.1, -0.05) is 6.92 Å². The second-order valence-electron chi connectivity index (χ2n) is 4.93. The maximum absolute atomic E-state index is 9.78. The van der Waals surface area contributed by atoms with Crippen LogP contribution in [0, 0.1) is 5.92 Å². The van der Waals surface area contributed by atoms with Gasteiger partial charge in [-0.2, -0.15) is 0 Å². The Labute approximate surface area is 105 Å². The van der Waals surface area contributed by atoms with Gasteiger partial charge in [0.25, 0.3) is 0 Å². The normalized spacial score (nSPS) is 24.7. The molecule has 0 aliphatic carbocycles. The van der Waals surface area contributed by atoms with Crippen LogP contribution in [-0.4, -0.2) is 38.7 Å². The number of fused-ring (bicyclic) bond motifs is 1. The minimum absolute atomic E-state index is 0.224. The van der Waals surface area contributed by atoms with Gasteiger partial charge >= 0.3 is 0 Å². The molecule has 0 spiro atoms. The van der Waals surface area contributed by atoms with E-state index in [4.69, 9.17) is 5.73 Å². The fraction of sp³-hybridized carbons (Fsp3) is 0.500. The van der Waals surface area contributed by atoms with Crippen LogP contribution in [0.5, 0.6) is 0 Å². The number of aliphatic hydroxyl groups excluding tert-OH is 1. The number of piperidine rings is 1. The third kappa shape index (κ3) is 1.78. The summed E-state index contributed by atoms with van der Waals surface area (Å²) in [7, 11) is 0. The lowest BCUT2D eigenvalue weighted by atomic mass is 9.97. The van der Waals surface area contributed by atoms with Crippen molar-refractivity contribution >= 4 is 17.3 Å². The monoisotopic (exact) mass is 247 g/mol. The van der Waals surface area contributed by atoms with Gasteiger partial charge in [-0.3, -0.25) is 0 Å². The molecule has 0 radical (unpaired) electrons. The molecule has 1 aliphatic rings. The van der Waals surface area contributed by atoms with Crippen LogP contribution in [0.1, 0.15) is 13.3 Å². The molecule has 0 bridgehead atoms. The largest absolute Gasteiger partial charge is 0.393 e. The number of nitrogens with two attached hydrogens (primary N) is 1. The Morgan fingerprint density at radius 3 is 3.11 bits per heavy atom. The fourth-order valence-electron chi connectivity index (χ4n) is 2.47. The SMILES string of the molecule is CC1CN(c2nc(N)cn3ccnc23)CCC1O. The van der Waals surface area contributed by atoms with Gasteiger partial charge in [-0.05, 0) is 12.3 Å². The minimum Gasteiger partial charge on any atom is -0.393 e. The van der Waals surface area contributed by atoms with E-state index in [1.807, 2.05) is 17.5 Å². The van der Waals surface area contributed by atoms with E-state index in [0.29, 0.717) is 5.82 Å². The molecule has 6 heteroatoms. The molecule has 0 amide bonds. The highest BCUT2D eigenvalue weighted by molar-refractivity contribution is 5.66. The number of anilines is 2. The summed E-state index contributed by atoms with van der Waals surface area (Å²) in [6.45, 7) is 3.61. The van der Waals surface area contributed by atoms with Gasteiger partial charge in [0, 0.05) is 25.5 Å². The Balaban J connectivity index is 2.01. The van der Waals surface area contributed by atoms with Crippen LogP contribution in [0.25, 0.3) is 5.65 Å². The number of nitrogens with zero attached hydrogens (tertiary/aromatic N) is 4. The quantitative estimate of drug-likeness (QED) is 0.768. The summed E-state index contributed by atoms with van der Waals surface area (Å²) in [6.07, 6.45) is 5.89. The molecule has 0 saturated carbocycles. The molecule has 2 aromatic rings. The van der Waals surface area contributed by atoms with Crippen molar-refractivity contribution in [3.63, 3.8) is 0 Å². The molecule has 1 fully saturated rings. The first kappa shape index (κ1) is 11.3. The molecule has 18 heavy (non-hydrogen) atoms. The topological polar surface area (TPSA) is 79.7 Å². The lowest BCUT2D eigenvalue weighted by Gasteiger charge is -2.35. The van der Waals surface area contributed by atoms with Crippen LogP contribution in [0.3, 0.4) is 0 Å². The van der Waals surface area contributed by atoms with Crippen molar-refractivity contribution in [3.05, 3.63) is 18.6 Å². The van der Waals surface area contributed by atoms with Crippen LogP contribution < -0.4 is 10.6 Å². The number of rotatable bonds is 1. The van der Waals surface area contributed by atoms with Crippen molar-refractivity contribution in [2.24, 2.45) is 5.92 Å². The van der Waals surface area contributed by atoms with E-state index in [0.717, 1.165) is 31.0 Å². The van der Waals surface area contributed by atoms with E-state index in [-0.39, 0.29) is 12.0 Å². The molecule has 3 N–H and O–H groups in total. The molecule has 3 heterocycles. The minimum atomic E-state index is -0.224. The van der Waals surface area contributed by atoms with Crippen molar-refractivity contribution in [2.75, 3.05) is 23.7 Å². The lowest BCUT2D eigenvalue weighted by molar-refractivity contribution is 0.0969. The van der Waals surface area contributed by atoms with Crippen LogP contribution in [0.2, 0.25) is 0 Å². The molecular formula is C12H17N5O. The molecule has 96 valence electrons. The zero-order valence-electron chi connectivity index (χ0n) is 10.3. The number of aromatic nitrogens is 3. The second kappa shape index (κ2) is 4.13. The van der Waals surface area contributed by atoms with Gasteiger partial charge in [0.15, 0.2) is 11.5 Å². The van der Waals surface area contributed by atoms with Crippen molar-refractivity contribution < 1.29 is 5.11 Å². The highest BCUT2D eigenvalue weighted by atomic mass is 16.3. The molecular weight excluding hydrogens is 230 g/mol. The molecule has 2 aromatic heterocycles. The van der Waals surface area contributed by atoms with E-state index in [2.05, 4.69) is 14.9 Å². The van der Waals surface area contributed by atoms with Gasteiger partial charge in [-0.15, -0.1) is 0 Å². The third-order valence-corrected chi connectivity index (χ3v) is 3.53. The van der Waals surface area contributed by atoms with Crippen LogP contribution in [0.15, 0.2) is 18.6 Å². The molecule has 2 atom stereocenters. The summed E-state index contributed by atoms with van der Waals surface area (Å²) in [5.41, 5.74) is 6.63. The fourth-order valence-corrected chi connectivity index (χ4v) is 2.47. The average Bonchev–Trinajstić information content (AvgIpc) is 2.79.